The molecule has 1 heterocycles. The lowest BCUT2D eigenvalue weighted by atomic mass is 10.2. The number of nitrogens with zero attached hydrogens (tertiary/aromatic N) is 1. The minimum Gasteiger partial charge on any atom is -0.432 e. The van der Waals surface area contributed by atoms with Gasteiger partial charge in [-0.3, -0.25) is 0 Å². The van der Waals surface area contributed by atoms with Crippen molar-refractivity contribution in [2.75, 3.05) is 11.1 Å². The second-order valence-corrected chi connectivity index (χ2v) is 3.98. The number of aromatic nitrogens is 1. The van der Waals surface area contributed by atoms with E-state index in [2.05, 4.69) is 24.1 Å². The smallest absolute Gasteiger partial charge is 0.299 e. The maximum absolute atomic E-state index is 5.60. The highest BCUT2D eigenvalue weighted by Crippen LogP contribution is 2.20. The molecule has 1 aromatic carbocycles. The summed E-state index contributed by atoms with van der Waals surface area (Å²) in [6.07, 6.45) is 1.67. The van der Waals surface area contributed by atoms with Crippen LogP contribution in [0.5, 0.6) is 0 Å². The van der Waals surface area contributed by atoms with Crippen LogP contribution in [0, 0.1) is 0 Å². The number of hydrogen-bond donors (Lipinski definition) is 2. The number of anilines is 3. The first kappa shape index (κ1) is 10.5. The number of hydrogen-bond acceptors (Lipinski definition) is 4. The first-order chi connectivity index (χ1) is 7.65. The molecule has 3 N–H and O–H groups in total. The van der Waals surface area contributed by atoms with E-state index in [-0.39, 0.29) is 0 Å². The lowest BCUT2D eigenvalue weighted by Gasteiger charge is -2.01. The molecule has 0 atom stereocenters. The average Bonchev–Trinajstić information content (AvgIpc) is 2.70. The molecule has 0 bridgehead atoms. The number of benzene rings is 1. The van der Waals surface area contributed by atoms with Crippen molar-refractivity contribution >= 4 is 17.4 Å². The molecule has 84 valence electrons. The van der Waals surface area contributed by atoms with Gasteiger partial charge in [0.05, 0.1) is 5.69 Å². The van der Waals surface area contributed by atoms with Gasteiger partial charge in [-0.15, -0.1) is 0 Å². The van der Waals surface area contributed by atoms with E-state index in [1.807, 2.05) is 24.3 Å². The molecule has 0 aliphatic carbocycles. The van der Waals surface area contributed by atoms with Crippen molar-refractivity contribution in [3.8, 4) is 0 Å². The first-order valence-corrected chi connectivity index (χ1v) is 5.23. The molecule has 0 fully saturated rings. The zero-order valence-electron chi connectivity index (χ0n) is 9.40. The van der Waals surface area contributed by atoms with Gasteiger partial charge in [-0.1, -0.05) is 13.8 Å². The minimum atomic E-state index is 0.366. The van der Waals surface area contributed by atoms with Crippen LogP contribution >= 0.6 is 0 Å². The molecule has 4 nitrogen and oxygen atoms in total. The standard InChI is InChI=1S/C12H15N3O/c1-8(2)11-7-16-12(15-11)14-10-5-3-9(13)4-6-10/h3-8H,13H2,1-2H3,(H,14,15). The summed E-state index contributed by atoms with van der Waals surface area (Å²) < 4.78 is 5.31. The normalized spacial score (nSPS) is 10.7. The van der Waals surface area contributed by atoms with Crippen LogP contribution in [0.2, 0.25) is 0 Å². The quantitative estimate of drug-likeness (QED) is 0.775. The summed E-state index contributed by atoms with van der Waals surface area (Å²) in [5.41, 5.74) is 8.19. The molecule has 2 rings (SSSR count). The molecule has 0 aliphatic rings. The van der Waals surface area contributed by atoms with Crippen LogP contribution in [-0.4, -0.2) is 4.98 Å². The highest BCUT2D eigenvalue weighted by atomic mass is 16.4. The molecule has 0 radical (unpaired) electrons. The monoisotopic (exact) mass is 217 g/mol. The summed E-state index contributed by atoms with van der Waals surface area (Å²) in [5.74, 6) is 0.366. The molecule has 0 aliphatic heterocycles. The second-order valence-electron chi connectivity index (χ2n) is 3.98. The van der Waals surface area contributed by atoms with Gasteiger partial charge >= 0.3 is 0 Å². The molecule has 2 aromatic rings. The summed E-state index contributed by atoms with van der Waals surface area (Å²) in [7, 11) is 0. The van der Waals surface area contributed by atoms with Gasteiger partial charge in [0.2, 0.25) is 0 Å². The van der Waals surface area contributed by atoms with E-state index >= 15 is 0 Å². The summed E-state index contributed by atoms with van der Waals surface area (Å²) in [6, 6.07) is 7.93. The summed E-state index contributed by atoms with van der Waals surface area (Å²) in [6.45, 7) is 4.15. The van der Waals surface area contributed by atoms with E-state index < -0.39 is 0 Å². The van der Waals surface area contributed by atoms with Crippen LogP contribution < -0.4 is 11.1 Å². The van der Waals surface area contributed by atoms with Crippen LogP contribution in [0.1, 0.15) is 25.5 Å². The van der Waals surface area contributed by atoms with Crippen LogP contribution in [0.4, 0.5) is 17.4 Å². The Morgan fingerprint density at radius 3 is 2.50 bits per heavy atom. The van der Waals surface area contributed by atoms with Gasteiger partial charge in [0.1, 0.15) is 6.26 Å². The van der Waals surface area contributed by atoms with Crippen molar-refractivity contribution in [1.29, 1.82) is 0 Å². The maximum Gasteiger partial charge on any atom is 0.299 e. The van der Waals surface area contributed by atoms with E-state index in [4.69, 9.17) is 10.2 Å². The zero-order valence-corrected chi connectivity index (χ0v) is 9.40. The summed E-state index contributed by atoms with van der Waals surface area (Å²) >= 11 is 0. The van der Waals surface area contributed by atoms with Crippen LogP contribution in [0.3, 0.4) is 0 Å². The van der Waals surface area contributed by atoms with Crippen molar-refractivity contribution < 1.29 is 4.42 Å². The van der Waals surface area contributed by atoms with Gasteiger partial charge in [0, 0.05) is 11.4 Å². The largest absolute Gasteiger partial charge is 0.432 e. The Hall–Kier alpha value is -1.97. The van der Waals surface area contributed by atoms with Gasteiger partial charge in [-0.05, 0) is 30.2 Å². The summed E-state index contributed by atoms with van der Waals surface area (Å²) in [4.78, 5) is 4.32. The molecule has 0 unspecified atom stereocenters. The third kappa shape index (κ3) is 2.34. The molecule has 0 saturated carbocycles. The fourth-order valence-electron chi connectivity index (χ4n) is 1.30. The van der Waals surface area contributed by atoms with Gasteiger partial charge < -0.3 is 15.5 Å². The van der Waals surface area contributed by atoms with Crippen molar-refractivity contribution in [3.05, 3.63) is 36.2 Å². The molecular weight excluding hydrogens is 202 g/mol. The highest BCUT2D eigenvalue weighted by molar-refractivity contribution is 5.56. The SMILES string of the molecule is CC(C)c1coc(Nc2ccc(N)cc2)n1. The maximum atomic E-state index is 5.60. The zero-order chi connectivity index (χ0) is 11.5. The second kappa shape index (κ2) is 4.26. The van der Waals surface area contributed by atoms with E-state index in [1.54, 1.807) is 6.26 Å². The molecule has 0 saturated heterocycles. The average molecular weight is 217 g/mol. The lowest BCUT2D eigenvalue weighted by Crippen LogP contribution is -1.92. The fraction of sp³-hybridized carbons (Fsp3) is 0.250. The Balaban J connectivity index is 2.11. The Labute approximate surface area is 94.5 Å². The van der Waals surface area contributed by atoms with Crippen LogP contribution in [-0.2, 0) is 0 Å². The fourth-order valence-corrected chi connectivity index (χ4v) is 1.30. The minimum absolute atomic E-state index is 0.366. The van der Waals surface area contributed by atoms with Gasteiger partial charge in [-0.25, -0.2) is 0 Å². The number of nitrogen functional groups attached to an aromatic ring is 1. The third-order valence-corrected chi connectivity index (χ3v) is 2.28. The number of nitrogens with one attached hydrogen (secondary N) is 1. The number of nitrogens with two attached hydrogens (primary N) is 1. The highest BCUT2D eigenvalue weighted by Gasteiger charge is 2.06. The number of oxazole rings is 1. The van der Waals surface area contributed by atoms with E-state index in [0.717, 1.165) is 17.1 Å². The van der Waals surface area contributed by atoms with Crippen molar-refractivity contribution in [3.63, 3.8) is 0 Å². The first-order valence-electron chi connectivity index (χ1n) is 5.23. The van der Waals surface area contributed by atoms with Crippen molar-refractivity contribution in [2.24, 2.45) is 0 Å². The Bertz CT molecular complexity index is 459. The van der Waals surface area contributed by atoms with Gasteiger partial charge in [0.15, 0.2) is 0 Å². The van der Waals surface area contributed by atoms with Gasteiger partial charge in [0.25, 0.3) is 6.01 Å². The Morgan fingerprint density at radius 2 is 1.94 bits per heavy atom. The van der Waals surface area contributed by atoms with Crippen LogP contribution in [0.25, 0.3) is 0 Å². The van der Waals surface area contributed by atoms with Crippen molar-refractivity contribution in [2.45, 2.75) is 19.8 Å². The lowest BCUT2D eigenvalue weighted by molar-refractivity contribution is 0.574. The topological polar surface area (TPSA) is 64.1 Å². The third-order valence-electron chi connectivity index (χ3n) is 2.28. The van der Waals surface area contributed by atoms with Crippen LogP contribution in [0.15, 0.2) is 34.9 Å². The van der Waals surface area contributed by atoms with Crippen molar-refractivity contribution in [1.82, 2.24) is 4.98 Å². The predicted octanol–water partition coefficient (Wildman–Crippen LogP) is 3.12. The van der Waals surface area contributed by atoms with E-state index in [1.165, 1.54) is 0 Å². The van der Waals surface area contributed by atoms with Gasteiger partial charge in [-0.2, -0.15) is 4.98 Å². The molecule has 0 amide bonds. The molecular formula is C12H15N3O. The molecule has 16 heavy (non-hydrogen) atoms. The summed E-state index contributed by atoms with van der Waals surface area (Å²) in [5, 5.41) is 3.07. The molecule has 0 spiro atoms. The predicted molar refractivity (Wildman–Crippen MR) is 64.7 cm³/mol. The number of rotatable bonds is 3. The molecule has 1 aromatic heterocycles. The van der Waals surface area contributed by atoms with E-state index in [0.29, 0.717) is 11.9 Å². The Morgan fingerprint density at radius 1 is 1.25 bits per heavy atom. The molecule has 4 heteroatoms. The van der Waals surface area contributed by atoms with E-state index in [9.17, 15) is 0 Å². The Kier molecular flexibility index (Phi) is 2.81.